The van der Waals surface area contributed by atoms with Crippen molar-refractivity contribution < 1.29 is 27.9 Å². The number of rotatable bonds is 3. The summed E-state index contributed by atoms with van der Waals surface area (Å²) in [4.78, 5) is 25.8. The van der Waals surface area contributed by atoms with Crippen molar-refractivity contribution in [1.29, 1.82) is 0 Å². The van der Waals surface area contributed by atoms with Gasteiger partial charge in [0.15, 0.2) is 0 Å². The van der Waals surface area contributed by atoms with Gasteiger partial charge in [0.25, 0.3) is 5.91 Å². The lowest BCUT2D eigenvalue weighted by Crippen LogP contribution is -2.49. The zero-order chi connectivity index (χ0) is 20.6. The van der Waals surface area contributed by atoms with E-state index in [1.165, 1.54) is 27.9 Å². The Morgan fingerprint density at radius 1 is 1.29 bits per heavy atom. The van der Waals surface area contributed by atoms with Crippen LogP contribution in [-0.4, -0.2) is 44.3 Å². The Kier molecular flexibility index (Phi) is 5.18. The van der Waals surface area contributed by atoms with Crippen LogP contribution in [0.25, 0.3) is 5.69 Å². The highest BCUT2D eigenvalue weighted by molar-refractivity contribution is 5.97. The normalized spacial score (nSPS) is 20.2. The molecule has 2 atom stereocenters. The van der Waals surface area contributed by atoms with Gasteiger partial charge in [-0.1, -0.05) is 13.0 Å². The van der Waals surface area contributed by atoms with Crippen molar-refractivity contribution in [3.63, 3.8) is 0 Å². The summed E-state index contributed by atoms with van der Waals surface area (Å²) in [5.74, 6) is -1.35. The number of carboxylic acid groups (broad SMARTS) is 1. The number of amides is 1. The SMILES string of the molecule is Cc1c(C(=O)N2CCC(C)CC2C(=O)O)cnn1-c1cccc(C(F)(F)F)c1. The Labute approximate surface area is 159 Å². The smallest absolute Gasteiger partial charge is 0.416 e. The van der Waals surface area contributed by atoms with Crippen LogP contribution in [-0.2, 0) is 11.0 Å². The molecule has 3 rings (SSSR count). The van der Waals surface area contributed by atoms with Crippen molar-refractivity contribution >= 4 is 11.9 Å². The summed E-state index contributed by atoms with van der Waals surface area (Å²) in [5.41, 5.74) is -0.109. The standard InChI is InChI=1S/C19H20F3N3O3/c1-11-6-7-24(16(8-11)18(27)28)17(26)15-10-23-25(12(15)2)14-5-3-4-13(9-14)19(20,21)22/h3-5,9-11,16H,6-8H2,1-2H3,(H,27,28). The fourth-order valence-electron chi connectivity index (χ4n) is 3.47. The number of alkyl halides is 3. The third-order valence-corrected chi connectivity index (χ3v) is 5.07. The number of nitrogens with zero attached hydrogens (tertiary/aromatic N) is 3. The summed E-state index contributed by atoms with van der Waals surface area (Å²) in [7, 11) is 0. The average Bonchev–Trinajstić information content (AvgIpc) is 3.02. The number of hydrogen-bond acceptors (Lipinski definition) is 3. The minimum atomic E-state index is -4.49. The molecule has 1 fully saturated rings. The first-order valence-corrected chi connectivity index (χ1v) is 8.85. The lowest BCUT2D eigenvalue weighted by atomic mass is 9.92. The number of aromatic nitrogens is 2. The van der Waals surface area contributed by atoms with Gasteiger partial charge in [-0.3, -0.25) is 4.79 Å². The van der Waals surface area contributed by atoms with E-state index in [0.717, 1.165) is 12.1 Å². The van der Waals surface area contributed by atoms with Crippen LogP contribution >= 0.6 is 0 Å². The largest absolute Gasteiger partial charge is 0.480 e. The Balaban J connectivity index is 1.93. The zero-order valence-electron chi connectivity index (χ0n) is 15.4. The third kappa shape index (κ3) is 3.74. The van der Waals surface area contributed by atoms with Crippen LogP contribution in [0.2, 0.25) is 0 Å². The van der Waals surface area contributed by atoms with Crippen LogP contribution in [0, 0.1) is 12.8 Å². The molecule has 6 nitrogen and oxygen atoms in total. The lowest BCUT2D eigenvalue weighted by Gasteiger charge is -2.35. The molecule has 0 saturated carbocycles. The molecule has 1 saturated heterocycles. The Hall–Kier alpha value is -2.84. The van der Waals surface area contributed by atoms with Crippen LogP contribution in [0.5, 0.6) is 0 Å². The molecule has 0 aliphatic carbocycles. The van der Waals surface area contributed by atoms with Crippen molar-refractivity contribution in [2.24, 2.45) is 5.92 Å². The maximum absolute atomic E-state index is 13.0. The minimum Gasteiger partial charge on any atom is -0.480 e. The first-order valence-electron chi connectivity index (χ1n) is 8.85. The molecule has 1 amide bonds. The van der Waals surface area contributed by atoms with Gasteiger partial charge in [0.05, 0.1) is 28.7 Å². The van der Waals surface area contributed by atoms with E-state index in [9.17, 15) is 27.9 Å². The Bertz CT molecular complexity index is 907. The Morgan fingerprint density at radius 3 is 2.64 bits per heavy atom. The van der Waals surface area contributed by atoms with E-state index in [1.54, 1.807) is 6.92 Å². The summed E-state index contributed by atoms with van der Waals surface area (Å²) in [6, 6.07) is 3.73. The maximum atomic E-state index is 13.0. The summed E-state index contributed by atoms with van der Waals surface area (Å²) >= 11 is 0. The van der Waals surface area contributed by atoms with Gasteiger partial charge in [-0.25, -0.2) is 9.48 Å². The highest BCUT2D eigenvalue weighted by Crippen LogP contribution is 2.31. The van der Waals surface area contributed by atoms with E-state index >= 15 is 0 Å². The van der Waals surface area contributed by atoms with E-state index in [2.05, 4.69) is 5.10 Å². The predicted molar refractivity (Wildman–Crippen MR) is 94.2 cm³/mol. The van der Waals surface area contributed by atoms with E-state index < -0.39 is 29.7 Å². The van der Waals surface area contributed by atoms with Gasteiger partial charge in [0.1, 0.15) is 6.04 Å². The van der Waals surface area contributed by atoms with Crippen LogP contribution in [0.4, 0.5) is 13.2 Å². The van der Waals surface area contributed by atoms with Gasteiger partial charge < -0.3 is 10.0 Å². The van der Waals surface area contributed by atoms with Crippen LogP contribution in [0.15, 0.2) is 30.5 Å². The minimum absolute atomic E-state index is 0.174. The van der Waals surface area contributed by atoms with Crippen molar-refractivity contribution in [3.8, 4) is 5.69 Å². The molecular weight excluding hydrogens is 375 g/mol. The van der Waals surface area contributed by atoms with E-state index in [0.29, 0.717) is 25.1 Å². The molecular formula is C19H20F3N3O3. The number of halogens is 3. The fourth-order valence-corrected chi connectivity index (χ4v) is 3.47. The van der Waals surface area contributed by atoms with Gasteiger partial charge >= 0.3 is 12.1 Å². The highest BCUT2D eigenvalue weighted by atomic mass is 19.4. The van der Waals surface area contributed by atoms with Crippen LogP contribution in [0.3, 0.4) is 0 Å². The average molecular weight is 395 g/mol. The highest BCUT2D eigenvalue weighted by Gasteiger charge is 2.36. The number of likely N-dealkylation sites (tertiary alicyclic amines) is 1. The Morgan fingerprint density at radius 2 is 2.00 bits per heavy atom. The summed E-state index contributed by atoms with van der Waals surface area (Å²) in [5, 5.41) is 13.5. The third-order valence-electron chi connectivity index (χ3n) is 5.07. The molecule has 1 N–H and O–H groups in total. The van der Waals surface area contributed by atoms with Gasteiger partial charge in [0.2, 0.25) is 0 Å². The molecule has 0 radical (unpaired) electrons. The van der Waals surface area contributed by atoms with Crippen molar-refractivity contribution in [3.05, 3.63) is 47.3 Å². The second kappa shape index (κ2) is 7.29. The first-order chi connectivity index (χ1) is 13.1. The monoisotopic (exact) mass is 395 g/mol. The van der Waals surface area contributed by atoms with Crippen LogP contribution in [0.1, 0.15) is 41.4 Å². The predicted octanol–water partition coefficient (Wildman–Crippen LogP) is 3.52. The molecule has 1 aliphatic heterocycles. The van der Waals surface area contributed by atoms with E-state index in [4.69, 9.17) is 0 Å². The van der Waals surface area contributed by atoms with Crippen molar-refractivity contribution in [2.45, 2.75) is 38.9 Å². The molecule has 150 valence electrons. The number of carbonyl (C=O) groups excluding carboxylic acids is 1. The van der Waals surface area contributed by atoms with Gasteiger partial charge in [-0.2, -0.15) is 18.3 Å². The van der Waals surface area contributed by atoms with Gasteiger partial charge in [-0.05, 0) is 43.9 Å². The van der Waals surface area contributed by atoms with Gasteiger partial charge in [-0.15, -0.1) is 0 Å². The number of carbonyl (C=O) groups is 2. The lowest BCUT2D eigenvalue weighted by molar-refractivity contribution is -0.144. The van der Waals surface area contributed by atoms with Crippen molar-refractivity contribution in [1.82, 2.24) is 14.7 Å². The number of benzene rings is 1. The molecule has 0 bridgehead atoms. The number of carboxylic acids is 1. The molecule has 0 spiro atoms. The maximum Gasteiger partial charge on any atom is 0.416 e. The second-order valence-corrected chi connectivity index (χ2v) is 7.09. The molecule has 1 aromatic carbocycles. The molecule has 28 heavy (non-hydrogen) atoms. The number of piperidine rings is 1. The molecule has 9 heteroatoms. The van der Waals surface area contributed by atoms with E-state index in [-0.39, 0.29) is 17.2 Å². The number of hydrogen-bond donors (Lipinski definition) is 1. The molecule has 2 heterocycles. The van der Waals surface area contributed by atoms with E-state index in [1.807, 2.05) is 6.92 Å². The quantitative estimate of drug-likeness (QED) is 0.863. The summed E-state index contributed by atoms with van der Waals surface area (Å²) in [6.07, 6.45) is -2.16. The van der Waals surface area contributed by atoms with Gasteiger partial charge in [0, 0.05) is 6.54 Å². The molecule has 2 aromatic rings. The molecule has 1 aromatic heterocycles. The molecule has 1 aliphatic rings. The number of aliphatic carboxylic acids is 1. The summed E-state index contributed by atoms with van der Waals surface area (Å²) < 4.78 is 40.1. The zero-order valence-corrected chi connectivity index (χ0v) is 15.4. The van der Waals surface area contributed by atoms with Crippen LogP contribution < -0.4 is 0 Å². The fraction of sp³-hybridized carbons (Fsp3) is 0.421. The first kappa shape index (κ1) is 19.9. The second-order valence-electron chi connectivity index (χ2n) is 7.09. The topological polar surface area (TPSA) is 75.4 Å². The summed E-state index contributed by atoms with van der Waals surface area (Å²) in [6.45, 7) is 3.82. The molecule has 2 unspecified atom stereocenters. The van der Waals surface area contributed by atoms with Crippen molar-refractivity contribution in [2.75, 3.05) is 6.54 Å².